The third kappa shape index (κ3) is 4.43. The number of nitrogens with two attached hydrogens (primary N) is 1. The highest BCUT2D eigenvalue weighted by atomic mass is 35.5. The normalized spacial score (nSPS) is 21.4. The van der Waals surface area contributed by atoms with E-state index in [0.29, 0.717) is 24.3 Å². The lowest BCUT2D eigenvalue weighted by Crippen LogP contribution is -2.48. The Balaban J connectivity index is 0.00000264. The van der Waals surface area contributed by atoms with Crippen LogP contribution in [0.5, 0.6) is 17.2 Å². The van der Waals surface area contributed by atoms with Gasteiger partial charge >= 0.3 is 0 Å². The van der Waals surface area contributed by atoms with Gasteiger partial charge < -0.3 is 19.9 Å². The van der Waals surface area contributed by atoms with Crippen molar-refractivity contribution in [2.75, 3.05) is 34.4 Å². The Hall–Kier alpha value is -1.17. The Morgan fingerprint density at radius 2 is 1.70 bits per heavy atom. The number of rotatable bonds is 6. The molecule has 23 heavy (non-hydrogen) atoms. The molecule has 2 atom stereocenters. The van der Waals surface area contributed by atoms with E-state index in [-0.39, 0.29) is 12.4 Å². The zero-order chi connectivity index (χ0) is 16.1. The van der Waals surface area contributed by atoms with Gasteiger partial charge in [-0.3, -0.25) is 4.90 Å². The first kappa shape index (κ1) is 19.9. The third-order valence-corrected chi connectivity index (χ3v) is 4.63. The number of nitrogens with zero attached hydrogens (tertiary/aromatic N) is 1. The molecular weight excluding hydrogens is 316 g/mol. The number of piperidine rings is 1. The fourth-order valence-electron chi connectivity index (χ4n) is 3.35. The van der Waals surface area contributed by atoms with Gasteiger partial charge in [0.05, 0.1) is 21.3 Å². The van der Waals surface area contributed by atoms with Crippen molar-refractivity contribution in [3.8, 4) is 17.2 Å². The number of halogens is 1. The van der Waals surface area contributed by atoms with E-state index in [1.807, 2.05) is 12.1 Å². The lowest BCUT2D eigenvalue weighted by atomic mass is 9.90. The molecular formula is C17H29ClN2O3. The summed E-state index contributed by atoms with van der Waals surface area (Å²) < 4.78 is 16.3. The molecule has 132 valence electrons. The minimum Gasteiger partial charge on any atom is -0.496 e. The SMILES string of the molecule is COc1cc(OC)c(OC)cc1CN1CCCC(C)C1CN.Cl. The van der Waals surface area contributed by atoms with Gasteiger partial charge in [-0.2, -0.15) is 0 Å². The summed E-state index contributed by atoms with van der Waals surface area (Å²) in [5, 5.41) is 0. The number of benzene rings is 1. The average Bonchev–Trinajstić information content (AvgIpc) is 2.54. The summed E-state index contributed by atoms with van der Waals surface area (Å²) in [7, 11) is 4.97. The molecule has 0 amide bonds. The molecule has 1 aromatic carbocycles. The van der Waals surface area contributed by atoms with Crippen molar-refractivity contribution < 1.29 is 14.2 Å². The Morgan fingerprint density at radius 1 is 1.09 bits per heavy atom. The van der Waals surface area contributed by atoms with E-state index in [2.05, 4.69) is 11.8 Å². The molecule has 1 aliphatic heterocycles. The molecule has 0 aliphatic carbocycles. The molecule has 1 aliphatic rings. The van der Waals surface area contributed by atoms with E-state index in [4.69, 9.17) is 19.9 Å². The van der Waals surface area contributed by atoms with E-state index in [9.17, 15) is 0 Å². The predicted octanol–water partition coefficient (Wildman–Crippen LogP) is 2.69. The first-order valence-electron chi connectivity index (χ1n) is 7.87. The van der Waals surface area contributed by atoms with E-state index < -0.39 is 0 Å². The fourth-order valence-corrected chi connectivity index (χ4v) is 3.35. The zero-order valence-corrected chi connectivity index (χ0v) is 15.3. The summed E-state index contributed by atoms with van der Waals surface area (Å²) >= 11 is 0. The van der Waals surface area contributed by atoms with Crippen molar-refractivity contribution in [3.05, 3.63) is 17.7 Å². The molecule has 0 saturated carbocycles. The standard InChI is InChI=1S/C17H28N2O3.ClH/c1-12-6-5-7-19(14(12)10-18)11-13-8-16(21-3)17(22-4)9-15(13)20-2;/h8-9,12,14H,5-7,10-11,18H2,1-4H3;1H. The molecule has 0 bridgehead atoms. The molecule has 1 heterocycles. The van der Waals surface area contributed by atoms with E-state index in [1.54, 1.807) is 21.3 Å². The van der Waals surface area contributed by atoms with Crippen molar-refractivity contribution in [2.24, 2.45) is 11.7 Å². The topological polar surface area (TPSA) is 57.0 Å². The number of hydrogen-bond donors (Lipinski definition) is 1. The van der Waals surface area contributed by atoms with Crippen molar-refractivity contribution in [2.45, 2.75) is 32.4 Å². The van der Waals surface area contributed by atoms with Crippen molar-refractivity contribution in [1.82, 2.24) is 4.90 Å². The maximum Gasteiger partial charge on any atom is 0.164 e. The molecule has 1 aromatic rings. The van der Waals surface area contributed by atoms with Gasteiger partial charge in [-0.1, -0.05) is 6.92 Å². The number of ether oxygens (including phenoxy) is 3. The molecule has 0 radical (unpaired) electrons. The van der Waals surface area contributed by atoms with Gasteiger partial charge in [0.25, 0.3) is 0 Å². The molecule has 1 fully saturated rings. The third-order valence-electron chi connectivity index (χ3n) is 4.63. The van der Waals surface area contributed by atoms with Crippen LogP contribution in [0.3, 0.4) is 0 Å². The lowest BCUT2D eigenvalue weighted by Gasteiger charge is -2.39. The molecule has 5 nitrogen and oxygen atoms in total. The zero-order valence-electron chi connectivity index (χ0n) is 14.5. The summed E-state index contributed by atoms with van der Waals surface area (Å²) in [6, 6.07) is 4.32. The van der Waals surface area contributed by atoms with Gasteiger partial charge in [-0.25, -0.2) is 0 Å². The smallest absolute Gasteiger partial charge is 0.164 e. The van der Waals surface area contributed by atoms with Gasteiger partial charge in [0.15, 0.2) is 11.5 Å². The molecule has 2 unspecified atom stereocenters. The van der Waals surface area contributed by atoms with Crippen LogP contribution in [-0.2, 0) is 6.54 Å². The quantitative estimate of drug-likeness (QED) is 0.859. The second kappa shape index (κ2) is 9.21. The van der Waals surface area contributed by atoms with Crippen LogP contribution in [0.15, 0.2) is 12.1 Å². The minimum absolute atomic E-state index is 0. The molecule has 6 heteroatoms. The van der Waals surface area contributed by atoms with Crippen LogP contribution in [0.1, 0.15) is 25.3 Å². The second-order valence-corrected chi connectivity index (χ2v) is 5.91. The highest BCUT2D eigenvalue weighted by molar-refractivity contribution is 5.85. The molecule has 2 rings (SSSR count). The Morgan fingerprint density at radius 3 is 2.26 bits per heavy atom. The summed E-state index contributed by atoms with van der Waals surface area (Å²) in [6.07, 6.45) is 2.47. The van der Waals surface area contributed by atoms with Gasteiger partial charge in [-0.05, 0) is 31.4 Å². The number of likely N-dealkylation sites (tertiary alicyclic amines) is 1. The first-order valence-corrected chi connectivity index (χ1v) is 7.87. The minimum atomic E-state index is 0. The van der Waals surface area contributed by atoms with Crippen LogP contribution in [0, 0.1) is 5.92 Å². The van der Waals surface area contributed by atoms with E-state index >= 15 is 0 Å². The summed E-state index contributed by atoms with van der Waals surface area (Å²) in [4.78, 5) is 2.46. The second-order valence-electron chi connectivity index (χ2n) is 5.91. The molecule has 2 N–H and O–H groups in total. The van der Waals surface area contributed by atoms with Gasteiger partial charge in [-0.15, -0.1) is 12.4 Å². The lowest BCUT2D eigenvalue weighted by molar-refractivity contribution is 0.0980. The highest BCUT2D eigenvalue weighted by Crippen LogP contribution is 2.36. The van der Waals surface area contributed by atoms with Crippen LogP contribution in [-0.4, -0.2) is 45.4 Å². The van der Waals surface area contributed by atoms with Gasteiger partial charge in [0.1, 0.15) is 5.75 Å². The predicted molar refractivity (Wildman–Crippen MR) is 95.0 cm³/mol. The molecule has 0 aromatic heterocycles. The van der Waals surface area contributed by atoms with Crippen molar-refractivity contribution in [1.29, 1.82) is 0 Å². The van der Waals surface area contributed by atoms with E-state index in [0.717, 1.165) is 30.2 Å². The number of hydrogen-bond acceptors (Lipinski definition) is 5. The highest BCUT2D eigenvalue weighted by Gasteiger charge is 2.28. The first-order chi connectivity index (χ1) is 10.6. The largest absolute Gasteiger partial charge is 0.496 e. The van der Waals surface area contributed by atoms with Crippen LogP contribution in [0.25, 0.3) is 0 Å². The average molecular weight is 345 g/mol. The maximum absolute atomic E-state index is 5.99. The number of methoxy groups -OCH3 is 3. The van der Waals surface area contributed by atoms with Crippen molar-refractivity contribution in [3.63, 3.8) is 0 Å². The summed E-state index contributed by atoms with van der Waals surface area (Å²) in [5.41, 5.74) is 7.10. The Labute approximate surface area is 145 Å². The fraction of sp³-hybridized carbons (Fsp3) is 0.647. The van der Waals surface area contributed by atoms with Crippen LogP contribution < -0.4 is 19.9 Å². The van der Waals surface area contributed by atoms with Crippen LogP contribution in [0.2, 0.25) is 0 Å². The Bertz CT molecular complexity index is 499. The van der Waals surface area contributed by atoms with E-state index in [1.165, 1.54) is 12.8 Å². The molecule has 1 saturated heterocycles. The van der Waals surface area contributed by atoms with Crippen LogP contribution in [0.4, 0.5) is 0 Å². The van der Waals surface area contributed by atoms with Gasteiger partial charge in [0, 0.05) is 30.8 Å². The summed E-state index contributed by atoms with van der Waals surface area (Å²) in [5.74, 6) is 2.87. The molecule has 0 spiro atoms. The Kier molecular flexibility index (Phi) is 7.95. The maximum atomic E-state index is 5.99. The summed E-state index contributed by atoms with van der Waals surface area (Å²) in [6.45, 7) is 4.87. The van der Waals surface area contributed by atoms with Gasteiger partial charge in [0.2, 0.25) is 0 Å². The van der Waals surface area contributed by atoms with Crippen LogP contribution >= 0.6 is 12.4 Å². The monoisotopic (exact) mass is 344 g/mol. The van der Waals surface area contributed by atoms with Crippen molar-refractivity contribution >= 4 is 12.4 Å².